The van der Waals surface area contributed by atoms with E-state index < -0.39 is 36.2 Å². The van der Waals surface area contributed by atoms with E-state index >= 15 is 0 Å². The lowest BCUT2D eigenvalue weighted by atomic mass is 9.81. The van der Waals surface area contributed by atoms with Gasteiger partial charge in [-0.2, -0.15) is 9.57 Å². The first-order chi connectivity index (χ1) is 18.1. The molecule has 0 unspecified atom stereocenters. The molecule has 0 fully saturated rings. The number of phosphoric ester groups is 1. The van der Waals surface area contributed by atoms with E-state index in [9.17, 15) is 32.7 Å². The Balaban J connectivity index is 2.66. The summed E-state index contributed by atoms with van der Waals surface area (Å²) in [5.74, 6) is 0.437. The molecule has 0 spiro atoms. The van der Waals surface area contributed by atoms with Gasteiger partial charge in [-0.3, -0.25) is 4.52 Å². The molecule has 0 aliphatic rings. The Kier molecular flexibility index (Phi) is 11.1. The molecule has 0 aliphatic carbocycles. The minimum Gasteiger partial charge on any atom is -0.496 e. The molecule has 0 radical (unpaired) electrons. The molecular formula is C25H34N3O9PS. The Morgan fingerprint density at radius 3 is 2.38 bits per heavy atom. The van der Waals surface area contributed by atoms with E-state index in [4.69, 9.17) is 14.5 Å². The van der Waals surface area contributed by atoms with Crippen molar-refractivity contribution in [3.8, 4) is 11.8 Å². The summed E-state index contributed by atoms with van der Waals surface area (Å²) < 4.78 is 50.6. The van der Waals surface area contributed by atoms with Gasteiger partial charge >= 0.3 is 13.9 Å². The van der Waals surface area contributed by atoms with Crippen molar-refractivity contribution in [2.45, 2.75) is 63.7 Å². The Morgan fingerprint density at radius 2 is 1.85 bits per heavy atom. The number of hydrogen-bond acceptors (Lipinski definition) is 7. The molecule has 0 aliphatic heterocycles. The Morgan fingerprint density at radius 1 is 1.21 bits per heavy atom. The maximum Gasteiger partial charge on any atom is 0.469 e. The van der Waals surface area contributed by atoms with Gasteiger partial charge in [0.2, 0.25) is 10.0 Å². The standard InChI is InChI=1S/C25H34N3O9PS/c1-18(37-38(31,32)33)23(27-24(29)30)28(17-19-9-6-5-7-10-19)39(34,35)21-11-12-22(36-4)20(15-21)16-25(2,3)13-8-14-26/h5-7,9-12,15,18,23,27H,8,13,16-17H2,1-4H3,(H,29,30)(H2,31,32,33)/t18-,23-/m0/s1. The van der Waals surface area contributed by atoms with Gasteiger partial charge in [0.1, 0.15) is 18.0 Å². The van der Waals surface area contributed by atoms with Crippen LogP contribution in [0, 0.1) is 16.7 Å². The number of hydrogen-bond donors (Lipinski definition) is 4. The highest BCUT2D eigenvalue weighted by atomic mass is 32.2. The molecular weight excluding hydrogens is 549 g/mol. The van der Waals surface area contributed by atoms with Gasteiger partial charge in [-0.15, -0.1) is 0 Å². The van der Waals surface area contributed by atoms with Gasteiger partial charge in [0.05, 0.1) is 18.1 Å². The number of carboxylic acid groups (broad SMARTS) is 1. The third kappa shape index (κ3) is 9.61. The van der Waals surface area contributed by atoms with Gasteiger partial charge in [0, 0.05) is 13.0 Å². The molecule has 0 saturated carbocycles. The van der Waals surface area contributed by atoms with Crippen molar-refractivity contribution in [2.24, 2.45) is 5.41 Å². The molecule has 0 aromatic heterocycles. The van der Waals surface area contributed by atoms with Crippen LogP contribution in [-0.2, 0) is 32.1 Å². The fraction of sp³-hybridized carbons (Fsp3) is 0.440. The maximum atomic E-state index is 14.1. The summed E-state index contributed by atoms with van der Waals surface area (Å²) in [6.45, 7) is 4.71. The van der Waals surface area contributed by atoms with Crippen molar-refractivity contribution in [2.75, 3.05) is 7.11 Å². The Bertz CT molecular complexity index is 1320. The van der Waals surface area contributed by atoms with Crippen LogP contribution < -0.4 is 10.1 Å². The highest BCUT2D eigenvalue weighted by Crippen LogP contribution is 2.39. The van der Waals surface area contributed by atoms with Crippen LogP contribution >= 0.6 is 7.82 Å². The van der Waals surface area contributed by atoms with E-state index in [1.54, 1.807) is 30.3 Å². The number of amides is 1. The largest absolute Gasteiger partial charge is 0.496 e. The average Bonchev–Trinajstić information content (AvgIpc) is 2.84. The highest BCUT2D eigenvalue weighted by Gasteiger charge is 2.39. The van der Waals surface area contributed by atoms with Crippen LogP contribution in [0.25, 0.3) is 0 Å². The summed E-state index contributed by atoms with van der Waals surface area (Å²) in [6, 6.07) is 14.7. The molecule has 214 valence electrons. The topological polar surface area (TPSA) is 186 Å². The normalized spacial score (nSPS) is 13.9. The van der Waals surface area contributed by atoms with E-state index in [2.05, 4.69) is 6.07 Å². The molecule has 4 N–H and O–H groups in total. The number of carbonyl (C=O) groups is 1. The number of rotatable bonds is 14. The Labute approximate surface area is 228 Å². The molecule has 1 amide bonds. The maximum absolute atomic E-state index is 14.1. The minimum absolute atomic E-state index is 0.189. The molecule has 2 aromatic rings. The summed E-state index contributed by atoms with van der Waals surface area (Å²) in [4.78, 5) is 30.1. The van der Waals surface area contributed by atoms with E-state index in [0.717, 1.165) is 11.2 Å². The van der Waals surface area contributed by atoms with Crippen LogP contribution in [0.2, 0.25) is 0 Å². The van der Waals surface area contributed by atoms with Gasteiger partial charge in [0.25, 0.3) is 0 Å². The summed E-state index contributed by atoms with van der Waals surface area (Å²) >= 11 is 0. The first-order valence-electron chi connectivity index (χ1n) is 11.9. The zero-order valence-electron chi connectivity index (χ0n) is 22.1. The number of nitrogens with one attached hydrogen (secondary N) is 1. The number of benzene rings is 2. The van der Waals surface area contributed by atoms with Crippen LogP contribution in [0.1, 0.15) is 44.7 Å². The molecule has 2 rings (SSSR count). The number of methoxy groups -OCH3 is 1. The lowest BCUT2D eigenvalue weighted by molar-refractivity contribution is 0.0679. The first-order valence-corrected chi connectivity index (χ1v) is 14.9. The zero-order valence-corrected chi connectivity index (χ0v) is 23.9. The van der Waals surface area contributed by atoms with Gasteiger partial charge in [0.15, 0.2) is 0 Å². The van der Waals surface area contributed by atoms with Crippen molar-refractivity contribution in [3.05, 3.63) is 59.7 Å². The molecule has 2 aromatic carbocycles. The van der Waals surface area contributed by atoms with Crippen molar-refractivity contribution in [1.82, 2.24) is 9.62 Å². The first kappa shape index (κ1) is 32.2. The third-order valence-electron chi connectivity index (χ3n) is 5.95. The Hall–Kier alpha value is -2.98. The predicted molar refractivity (Wildman–Crippen MR) is 142 cm³/mol. The van der Waals surface area contributed by atoms with Crippen molar-refractivity contribution >= 4 is 23.9 Å². The molecule has 0 saturated heterocycles. The van der Waals surface area contributed by atoms with Crippen molar-refractivity contribution in [1.29, 1.82) is 5.26 Å². The number of sulfonamides is 1. The zero-order chi connectivity index (χ0) is 29.4. The molecule has 39 heavy (non-hydrogen) atoms. The number of nitriles is 1. The lowest BCUT2D eigenvalue weighted by Crippen LogP contribution is -2.55. The monoisotopic (exact) mass is 583 g/mol. The summed E-state index contributed by atoms with van der Waals surface area (Å²) in [7, 11) is -8.16. The second-order valence-electron chi connectivity index (χ2n) is 9.70. The number of ether oxygens (including phenoxy) is 1. The van der Waals surface area contributed by atoms with Crippen LogP contribution in [0.15, 0.2) is 53.4 Å². The molecule has 12 nitrogen and oxygen atoms in total. The van der Waals surface area contributed by atoms with Crippen molar-refractivity contribution in [3.63, 3.8) is 0 Å². The second-order valence-corrected chi connectivity index (χ2v) is 12.8. The molecule has 2 atom stereocenters. The minimum atomic E-state index is -5.11. The molecule has 14 heteroatoms. The highest BCUT2D eigenvalue weighted by molar-refractivity contribution is 7.89. The van der Waals surface area contributed by atoms with E-state index in [1.807, 2.05) is 19.2 Å². The quantitative estimate of drug-likeness (QED) is 0.188. The SMILES string of the molecule is COc1ccc(S(=O)(=O)N(Cc2ccccc2)[C@H](NC(=O)O)[C@H](C)OP(=O)(O)O)cc1CC(C)(C)CCC#N. The van der Waals surface area contributed by atoms with Crippen LogP contribution in [0.3, 0.4) is 0 Å². The van der Waals surface area contributed by atoms with Crippen LogP contribution in [0.5, 0.6) is 5.75 Å². The number of nitrogens with zero attached hydrogens (tertiary/aromatic N) is 2. The van der Waals surface area contributed by atoms with E-state index in [-0.39, 0.29) is 16.9 Å². The third-order valence-corrected chi connectivity index (χ3v) is 8.38. The van der Waals surface area contributed by atoms with Crippen LogP contribution in [-0.4, -0.2) is 53.1 Å². The van der Waals surface area contributed by atoms with E-state index in [1.165, 1.54) is 25.3 Å². The van der Waals surface area contributed by atoms with Crippen molar-refractivity contribution < 1.29 is 41.9 Å². The average molecular weight is 584 g/mol. The lowest BCUT2D eigenvalue weighted by Gasteiger charge is -2.34. The number of phosphoric acid groups is 1. The summed E-state index contributed by atoms with van der Waals surface area (Å²) in [6.07, 6.45) is -3.65. The summed E-state index contributed by atoms with van der Waals surface area (Å²) in [5, 5.41) is 20.5. The fourth-order valence-electron chi connectivity index (χ4n) is 4.11. The van der Waals surface area contributed by atoms with Gasteiger partial charge in [-0.25, -0.2) is 17.8 Å². The molecule has 0 bridgehead atoms. The predicted octanol–water partition coefficient (Wildman–Crippen LogP) is 3.85. The van der Waals surface area contributed by atoms with Gasteiger partial charge < -0.3 is 24.9 Å². The van der Waals surface area contributed by atoms with Gasteiger partial charge in [-0.05, 0) is 54.5 Å². The summed E-state index contributed by atoms with van der Waals surface area (Å²) in [5.41, 5.74) is 0.685. The second kappa shape index (κ2) is 13.4. The van der Waals surface area contributed by atoms with E-state index in [0.29, 0.717) is 36.1 Å². The molecule has 0 heterocycles. The van der Waals surface area contributed by atoms with Crippen LogP contribution in [0.4, 0.5) is 4.79 Å². The smallest absolute Gasteiger partial charge is 0.469 e. The van der Waals surface area contributed by atoms with Gasteiger partial charge in [-0.1, -0.05) is 44.2 Å². The fourth-order valence-corrected chi connectivity index (χ4v) is 6.30.